The van der Waals surface area contributed by atoms with E-state index in [-0.39, 0.29) is 11.3 Å². The second-order valence-electron chi connectivity index (χ2n) is 3.65. The summed E-state index contributed by atoms with van der Waals surface area (Å²) < 4.78 is 10.3. The van der Waals surface area contributed by atoms with E-state index < -0.39 is 0 Å². The van der Waals surface area contributed by atoms with Crippen molar-refractivity contribution in [2.75, 3.05) is 13.7 Å². The number of hydrogen-bond acceptors (Lipinski definition) is 6. The number of halogens is 1. The minimum absolute atomic E-state index is 0.0897. The van der Waals surface area contributed by atoms with Crippen LogP contribution in [-0.4, -0.2) is 33.7 Å². The Bertz CT molecular complexity index is 548. The van der Waals surface area contributed by atoms with Crippen LogP contribution in [0.15, 0.2) is 18.3 Å². The molecule has 19 heavy (non-hydrogen) atoms. The second kappa shape index (κ2) is 6.29. The number of methoxy groups -OCH3 is 1. The van der Waals surface area contributed by atoms with E-state index >= 15 is 0 Å². The molecule has 0 saturated heterocycles. The van der Waals surface area contributed by atoms with Gasteiger partial charge < -0.3 is 9.47 Å². The van der Waals surface area contributed by atoms with Crippen molar-refractivity contribution >= 4 is 11.6 Å². The maximum absolute atomic E-state index is 5.85. The molecule has 0 aromatic carbocycles. The van der Waals surface area contributed by atoms with E-state index in [2.05, 4.69) is 19.9 Å². The zero-order valence-electron chi connectivity index (χ0n) is 10.6. The average Bonchev–Trinajstić information content (AvgIpc) is 2.44. The molecule has 0 atom stereocenters. The van der Waals surface area contributed by atoms with Crippen LogP contribution in [0.1, 0.15) is 13.3 Å². The van der Waals surface area contributed by atoms with Crippen LogP contribution in [0.3, 0.4) is 0 Å². The van der Waals surface area contributed by atoms with Crippen molar-refractivity contribution in [3.05, 3.63) is 23.6 Å². The van der Waals surface area contributed by atoms with Crippen LogP contribution in [0.2, 0.25) is 5.28 Å². The summed E-state index contributed by atoms with van der Waals surface area (Å²) in [5.74, 6) is 0.938. The molecule has 0 amide bonds. The first-order valence-electron chi connectivity index (χ1n) is 5.77. The fourth-order valence-corrected chi connectivity index (χ4v) is 1.50. The zero-order valence-corrected chi connectivity index (χ0v) is 11.4. The Balaban J connectivity index is 2.29. The van der Waals surface area contributed by atoms with Gasteiger partial charge in [0.1, 0.15) is 0 Å². The van der Waals surface area contributed by atoms with Crippen molar-refractivity contribution in [3.63, 3.8) is 0 Å². The molecule has 6 nitrogen and oxygen atoms in total. The third-order valence-electron chi connectivity index (χ3n) is 2.23. The summed E-state index contributed by atoms with van der Waals surface area (Å²) in [7, 11) is 1.55. The van der Waals surface area contributed by atoms with Crippen LogP contribution in [0, 0.1) is 0 Å². The lowest BCUT2D eigenvalue weighted by Gasteiger charge is -2.05. The molecule has 0 aliphatic rings. The SMILES string of the molecule is CCCOc1nc(Cl)nc(-c2ccc(OC)nc2)n1. The van der Waals surface area contributed by atoms with Gasteiger partial charge in [-0.15, -0.1) is 0 Å². The molecule has 0 N–H and O–H groups in total. The molecule has 2 aromatic rings. The van der Waals surface area contributed by atoms with Gasteiger partial charge in [0.25, 0.3) is 0 Å². The van der Waals surface area contributed by atoms with Crippen molar-refractivity contribution in [2.24, 2.45) is 0 Å². The number of pyridine rings is 1. The van der Waals surface area contributed by atoms with E-state index in [0.717, 1.165) is 6.42 Å². The van der Waals surface area contributed by atoms with Crippen molar-refractivity contribution in [1.82, 2.24) is 19.9 Å². The van der Waals surface area contributed by atoms with E-state index in [1.165, 1.54) is 0 Å². The van der Waals surface area contributed by atoms with E-state index in [4.69, 9.17) is 21.1 Å². The highest BCUT2D eigenvalue weighted by Crippen LogP contribution is 2.19. The van der Waals surface area contributed by atoms with Gasteiger partial charge in [0.15, 0.2) is 5.82 Å². The third kappa shape index (κ3) is 3.51. The Morgan fingerprint density at radius 3 is 2.68 bits per heavy atom. The molecule has 100 valence electrons. The fourth-order valence-electron chi connectivity index (χ4n) is 1.35. The molecule has 0 bridgehead atoms. The second-order valence-corrected chi connectivity index (χ2v) is 3.99. The average molecular weight is 281 g/mol. The van der Waals surface area contributed by atoms with Gasteiger partial charge in [-0.2, -0.15) is 15.0 Å². The molecule has 0 unspecified atom stereocenters. The largest absolute Gasteiger partial charge is 0.481 e. The predicted molar refractivity (Wildman–Crippen MR) is 70.4 cm³/mol. The lowest BCUT2D eigenvalue weighted by molar-refractivity contribution is 0.291. The highest BCUT2D eigenvalue weighted by Gasteiger charge is 2.08. The number of nitrogens with zero attached hydrogens (tertiary/aromatic N) is 4. The van der Waals surface area contributed by atoms with E-state index in [1.54, 1.807) is 25.4 Å². The van der Waals surface area contributed by atoms with E-state index in [9.17, 15) is 0 Å². The van der Waals surface area contributed by atoms with Gasteiger partial charge in [0.2, 0.25) is 11.2 Å². The van der Waals surface area contributed by atoms with E-state index in [0.29, 0.717) is 23.9 Å². The van der Waals surface area contributed by atoms with Gasteiger partial charge in [-0.3, -0.25) is 0 Å². The number of hydrogen-bond donors (Lipinski definition) is 0. The van der Waals surface area contributed by atoms with Crippen LogP contribution < -0.4 is 9.47 Å². The van der Waals surface area contributed by atoms with Crippen molar-refractivity contribution in [2.45, 2.75) is 13.3 Å². The Kier molecular flexibility index (Phi) is 4.46. The quantitative estimate of drug-likeness (QED) is 0.837. The summed E-state index contributed by atoms with van der Waals surface area (Å²) in [5, 5.41) is 0.0897. The van der Waals surface area contributed by atoms with Crippen molar-refractivity contribution < 1.29 is 9.47 Å². The summed E-state index contributed by atoms with van der Waals surface area (Å²) in [5.41, 5.74) is 0.714. The standard InChI is InChI=1S/C12H13ClN4O2/c1-3-6-19-12-16-10(15-11(13)17-12)8-4-5-9(18-2)14-7-8/h4-5,7H,3,6H2,1-2H3. The first-order valence-corrected chi connectivity index (χ1v) is 6.15. The normalized spacial score (nSPS) is 10.3. The summed E-state index contributed by atoms with van der Waals surface area (Å²) in [6, 6.07) is 3.73. The zero-order chi connectivity index (χ0) is 13.7. The molecule has 0 aliphatic carbocycles. The van der Waals surface area contributed by atoms with Gasteiger partial charge in [-0.25, -0.2) is 4.98 Å². The molecule has 0 radical (unpaired) electrons. The summed E-state index contributed by atoms with van der Waals surface area (Å²) in [6.45, 7) is 2.53. The Hall–Kier alpha value is -1.95. The smallest absolute Gasteiger partial charge is 0.321 e. The van der Waals surface area contributed by atoms with Crippen molar-refractivity contribution in [3.8, 4) is 23.3 Å². The lowest BCUT2D eigenvalue weighted by atomic mass is 10.3. The van der Waals surface area contributed by atoms with Crippen LogP contribution in [0.4, 0.5) is 0 Å². The highest BCUT2D eigenvalue weighted by atomic mass is 35.5. The molecule has 0 aliphatic heterocycles. The maximum Gasteiger partial charge on any atom is 0.321 e. The van der Waals surface area contributed by atoms with E-state index in [1.807, 2.05) is 6.92 Å². The molecule has 2 aromatic heterocycles. The molecule has 2 rings (SSSR count). The van der Waals surface area contributed by atoms with Gasteiger partial charge in [-0.05, 0) is 24.1 Å². The molecule has 0 fully saturated rings. The maximum atomic E-state index is 5.85. The molecular weight excluding hydrogens is 268 g/mol. The topological polar surface area (TPSA) is 70.0 Å². The van der Waals surface area contributed by atoms with Gasteiger partial charge >= 0.3 is 6.01 Å². The predicted octanol–water partition coefficient (Wildman–Crippen LogP) is 2.38. The molecule has 0 saturated carbocycles. The molecule has 7 heteroatoms. The van der Waals surface area contributed by atoms with Gasteiger partial charge in [0, 0.05) is 17.8 Å². The number of aromatic nitrogens is 4. The lowest BCUT2D eigenvalue weighted by Crippen LogP contribution is -2.03. The Morgan fingerprint density at radius 1 is 1.21 bits per heavy atom. The number of ether oxygens (including phenoxy) is 2. The highest BCUT2D eigenvalue weighted by molar-refractivity contribution is 6.28. The first kappa shape index (κ1) is 13.5. The van der Waals surface area contributed by atoms with Gasteiger partial charge in [0.05, 0.1) is 13.7 Å². The first-order chi connectivity index (χ1) is 9.22. The Labute approximate surface area is 115 Å². The van der Waals surface area contributed by atoms with Crippen molar-refractivity contribution in [1.29, 1.82) is 0 Å². The van der Waals surface area contributed by atoms with Gasteiger partial charge in [-0.1, -0.05) is 6.92 Å². The third-order valence-corrected chi connectivity index (χ3v) is 2.40. The summed E-state index contributed by atoms with van der Waals surface area (Å²) in [4.78, 5) is 16.2. The van der Waals surface area contributed by atoms with Crippen LogP contribution in [0.25, 0.3) is 11.4 Å². The monoisotopic (exact) mass is 280 g/mol. The minimum atomic E-state index is 0.0897. The summed E-state index contributed by atoms with van der Waals surface area (Å²) in [6.07, 6.45) is 2.47. The number of rotatable bonds is 5. The Morgan fingerprint density at radius 2 is 2.05 bits per heavy atom. The molecule has 2 heterocycles. The minimum Gasteiger partial charge on any atom is -0.481 e. The van der Waals surface area contributed by atoms with Crippen LogP contribution in [-0.2, 0) is 0 Å². The van der Waals surface area contributed by atoms with Crippen LogP contribution >= 0.6 is 11.6 Å². The molecular formula is C12H13ClN4O2. The summed E-state index contributed by atoms with van der Waals surface area (Å²) >= 11 is 5.85. The molecule has 0 spiro atoms. The fraction of sp³-hybridized carbons (Fsp3) is 0.333. The van der Waals surface area contributed by atoms with Crippen LogP contribution in [0.5, 0.6) is 11.9 Å².